The minimum Gasteiger partial charge on any atom is -0.345 e. The van der Waals surface area contributed by atoms with Crippen molar-refractivity contribution in [1.29, 1.82) is 0 Å². The summed E-state index contributed by atoms with van der Waals surface area (Å²) in [6.45, 7) is 3.89. The van der Waals surface area contributed by atoms with Gasteiger partial charge in [-0.05, 0) is 55.1 Å². The average molecular weight is 383 g/mol. The fourth-order valence-corrected chi connectivity index (χ4v) is 3.26. The van der Waals surface area contributed by atoms with E-state index in [-0.39, 0.29) is 11.9 Å². The molecule has 0 aliphatic heterocycles. The number of aryl methyl sites for hydroxylation is 1. The van der Waals surface area contributed by atoms with E-state index < -0.39 is 0 Å². The maximum Gasteiger partial charge on any atom is 0.251 e. The van der Waals surface area contributed by atoms with E-state index >= 15 is 0 Å². The lowest BCUT2D eigenvalue weighted by molar-refractivity contribution is 0.0940. The molecule has 6 nitrogen and oxygen atoms in total. The molecule has 1 atom stereocenters. The van der Waals surface area contributed by atoms with Gasteiger partial charge in [0, 0.05) is 40.9 Å². The standard InChI is InChI=1S/C23H21N5O/c1-15-9-12-25-23(26-15)28-19-7-3-5-17(13-19)22(29)27-16(2)20-8-4-6-18-14-24-11-10-21(18)20/h3-14,16H,1-2H3,(H,27,29)(H,25,26,28)/t16-/m1/s1. The summed E-state index contributed by atoms with van der Waals surface area (Å²) < 4.78 is 0. The number of hydrogen-bond donors (Lipinski definition) is 2. The smallest absolute Gasteiger partial charge is 0.251 e. The highest BCUT2D eigenvalue weighted by Crippen LogP contribution is 2.24. The topological polar surface area (TPSA) is 79.8 Å². The molecule has 0 saturated carbocycles. The number of hydrogen-bond acceptors (Lipinski definition) is 5. The van der Waals surface area contributed by atoms with Crippen LogP contribution in [0.3, 0.4) is 0 Å². The molecule has 0 saturated heterocycles. The van der Waals surface area contributed by atoms with Crippen LogP contribution in [0.1, 0.15) is 34.6 Å². The minimum atomic E-state index is -0.148. The maximum absolute atomic E-state index is 12.8. The summed E-state index contributed by atoms with van der Waals surface area (Å²) in [4.78, 5) is 25.5. The van der Waals surface area contributed by atoms with Crippen molar-refractivity contribution in [2.75, 3.05) is 5.32 Å². The Morgan fingerprint density at radius 2 is 1.90 bits per heavy atom. The Hall–Kier alpha value is -3.80. The number of nitrogens with one attached hydrogen (secondary N) is 2. The van der Waals surface area contributed by atoms with Gasteiger partial charge >= 0.3 is 0 Å². The van der Waals surface area contributed by atoms with Gasteiger partial charge in [0.25, 0.3) is 5.91 Å². The van der Waals surface area contributed by atoms with Gasteiger partial charge in [-0.1, -0.05) is 24.3 Å². The number of pyridine rings is 1. The SMILES string of the molecule is Cc1ccnc(Nc2cccc(C(=O)N[C@H](C)c3cccc4cnccc34)c2)n1. The zero-order valence-corrected chi connectivity index (χ0v) is 16.3. The zero-order chi connectivity index (χ0) is 20.2. The van der Waals surface area contributed by atoms with Crippen molar-refractivity contribution >= 4 is 28.3 Å². The summed E-state index contributed by atoms with van der Waals surface area (Å²) in [5, 5.41) is 8.36. The first-order chi connectivity index (χ1) is 14.1. The van der Waals surface area contributed by atoms with E-state index in [2.05, 4.69) is 25.6 Å². The van der Waals surface area contributed by atoms with E-state index in [9.17, 15) is 4.79 Å². The lowest BCUT2D eigenvalue weighted by Crippen LogP contribution is -2.26. The number of aromatic nitrogens is 3. The minimum absolute atomic E-state index is 0.141. The molecule has 4 rings (SSSR count). The Morgan fingerprint density at radius 1 is 1.03 bits per heavy atom. The predicted octanol–water partition coefficient (Wildman–Crippen LogP) is 4.57. The van der Waals surface area contributed by atoms with Crippen LogP contribution in [0.2, 0.25) is 0 Å². The summed E-state index contributed by atoms with van der Waals surface area (Å²) in [5.74, 6) is 0.359. The van der Waals surface area contributed by atoms with Crippen LogP contribution in [-0.4, -0.2) is 20.9 Å². The van der Waals surface area contributed by atoms with E-state index in [1.165, 1.54) is 0 Å². The summed E-state index contributed by atoms with van der Waals surface area (Å²) in [6, 6.07) is 17.0. The van der Waals surface area contributed by atoms with E-state index in [1.54, 1.807) is 24.5 Å². The second-order valence-corrected chi connectivity index (χ2v) is 6.87. The molecule has 144 valence electrons. The van der Waals surface area contributed by atoms with Crippen LogP contribution in [0.5, 0.6) is 0 Å². The van der Waals surface area contributed by atoms with Crippen LogP contribution in [-0.2, 0) is 0 Å². The highest BCUT2D eigenvalue weighted by molar-refractivity contribution is 5.96. The summed E-state index contributed by atoms with van der Waals surface area (Å²) in [7, 11) is 0. The molecule has 0 aliphatic carbocycles. The second-order valence-electron chi connectivity index (χ2n) is 6.87. The van der Waals surface area contributed by atoms with Gasteiger partial charge in [-0.15, -0.1) is 0 Å². The van der Waals surface area contributed by atoms with Crippen LogP contribution in [0.4, 0.5) is 11.6 Å². The molecule has 0 fully saturated rings. The zero-order valence-electron chi connectivity index (χ0n) is 16.3. The molecule has 29 heavy (non-hydrogen) atoms. The van der Waals surface area contributed by atoms with Gasteiger partial charge in [0.2, 0.25) is 5.95 Å². The Kier molecular flexibility index (Phi) is 5.16. The van der Waals surface area contributed by atoms with Gasteiger partial charge in [0.1, 0.15) is 0 Å². The number of anilines is 2. The molecular formula is C23H21N5O. The molecule has 0 spiro atoms. The molecule has 2 heterocycles. The van der Waals surface area contributed by atoms with Crippen LogP contribution in [0, 0.1) is 6.92 Å². The number of fused-ring (bicyclic) bond motifs is 1. The van der Waals surface area contributed by atoms with Crippen molar-refractivity contribution in [2.45, 2.75) is 19.9 Å². The molecule has 2 aromatic heterocycles. The fraction of sp³-hybridized carbons (Fsp3) is 0.130. The van der Waals surface area contributed by atoms with Crippen molar-refractivity contribution in [3.63, 3.8) is 0 Å². The van der Waals surface area contributed by atoms with Gasteiger partial charge < -0.3 is 10.6 Å². The van der Waals surface area contributed by atoms with Crippen molar-refractivity contribution in [3.8, 4) is 0 Å². The highest BCUT2D eigenvalue weighted by atomic mass is 16.1. The number of benzene rings is 2. The van der Waals surface area contributed by atoms with Gasteiger partial charge in [-0.3, -0.25) is 9.78 Å². The molecule has 2 aromatic carbocycles. The van der Waals surface area contributed by atoms with Crippen LogP contribution < -0.4 is 10.6 Å². The summed E-state index contributed by atoms with van der Waals surface area (Å²) in [5.41, 5.74) is 3.25. The molecule has 6 heteroatoms. The average Bonchev–Trinajstić information content (AvgIpc) is 2.73. The first-order valence-electron chi connectivity index (χ1n) is 9.40. The number of nitrogens with zero attached hydrogens (tertiary/aromatic N) is 3. The molecule has 0 unspecified atom stereocenters. The normalized spacial score (nSPS) is 11.8. The number of amides is 1. The van der Waals surface area contributed by atoms with Gasteiger partial charge in [0.15, 0.2) is 0 Å². The number of carbonyl (C=O) groups excluding carboxylic acids is 1. The molecule has 0 aliphatic rings. The lowest BCUT2D eigenvalue weighted by atomic mass is 10.0. The van der Waals surface area contributed by atoms with Gasteiger partial charge in [-0.25, -0.2) is 9.97 Å². The highest BCUT2D eigenvalue weighted by Gasteiger charge is 2.14. The van der Waals surface area contributed by atoms with Crippen molar-refractivity contribution < 1.29 is 4.79 Å². The molecule has 1 amide bonds. The largest absolute Gasteiger partial charge is 0.345 e. The first kappa shape index (κ1) is 18.6. The molecule has 2 N–H and O–H groups in total. The molecule has 0 bridgehead atoms. The maximum atomic E-state index is 12.8. The number of carbonyl (C=O) groups is 1. The predicted molar refractivity (Wildman–Crippen MR) is 114 cm³/mol. The Bertz CT molecular complexity index is 1170. The number of rotatable bonds is 5. The summed E-state index contributed by atoms with van der Waals surface area (Å²) >= 11 is 0. The Balaban J connectivity index is 1.52. The van der Waals surface area contributed by atoms with Crippen LogP contribution >= 0.6 is 0 Å². The van der Waals surface area contributed by atoms with Crippen molar-refractivity contribution in [2.24, 2.45) is 0 Å². The van der Waals surface area contributed by atoms with E-state index in [0.29, 0.717) is 11.5 Å². The van der Waals surface area contributed by atoms with E-state index in [0.717, 1.165) is 27.7 Å². The Labute approximate surface area is 169 Å². The molecular weight excluding hydrogens is 362 g/mol. The molecule has 4 aromatic rings. The third-order valence-corrected chi connectivity index (χ3v) is 4.70. The van der Waals surface area contributed by atoms with E-state index in [1.807, 2.05) is 62.5 Å². The van der Waals surface area contributed by atoms with Gasteiger partial charge in [-0.2, -0.15) is 0 Å². The van der Waals surface area contributed by atoms with Crippen molar-refractivity contribution in [1.82, 2.24) is 20.3 Å². The Morgan fingerprint density at radius 3 is 2.76 bits per heavy atom. The van der Waals surface area contributed by atoms with E-state index in [4.69, 9.17) is 0 Å². The quantitative estimate of drug-likeness (QED) is 0.528. The second kappa shape index (κ2) is 8.06. The lowest BCUT2D eigenvalue weighted by Gasteiger charge is -2.17. The molecule has 0 radical (unpaired) electrons. The third kappa shape index (κ3) is 4.21. The van der Waals surface area contributed by atoms with Crippen LogP contribution in [0.15, 0.2) is 73.2 Å². The van der Waals surface area contributed by atoms with Crippen LogP contribution in [0.25, 0.3) is 10.8 Å². The van der Waals surface area contributed by atoms with Crippen molar-refractivity contribution in [3.05, 3.63) is 90.0 Å². The van der Waals surface area contributed by atoms with Gasteiger partial charge in [0.05, 0.1) is 6.04 Å². The fourth-order valence-electron chi connectivity index (χ4n) is 3.26. The summed E-state index contributed by atoms with van der Waals surface area (Å²) in [6.07, 6.45) is 5.29. The first-order valence-corrected chi connectivity index (χ1v) is 9.40. The monoisotopic (exact) mass is 383 g/mol. The third-order valence-electron chi connectivity index (χ3n) is 4.70.